The van der Waals surface area contributed by atoms with Gasteiger partial charge in [0.05, 0.1) is 5.69 Å². The third kappa shape index (κ3) is 2.96. The van der Waals surface area contributed by atoms with E-state index < -0.39 is 6.04 Å². The van der Waals surface area contributed by atoms with E-state index in [1.807, 2.05) is 50.2 Å². The molecule has 0 spiro atoms. The van der Waals surface area contributed by atoms with Gasteiger partial charge >= 0.3 is 0 Å². The van der Waals surface area contributed by atoms with Crippen molar-refractivity contribution in [3.63, 3.8) is 0 Å². The van der Waals surface area contributed by atoms with Crippen LogP contribution in [0.3, 0.4) is 0 Å². The van der Waals surface area contributed by atoms with Crippen LogP contribution in [0.4, 0.5) is 0 Å². The van der Waals surface area contributed by atoms with Crippen LogP contribution in [0.2, 0.25) is 0 Å². The average Bonchev–Trinajstić information content (AvgIpc) is 3.31. The largest absolute Gasteiger partial charge is 0.454 e. The van der Waals surface area contributed by atoms with Crippen molar-refractivity contribution in [3.05, 3.63) is 58.9 Å². The summed E-state index contributed by atoms with van der Waals surface area (Å²) in [4.78, 5) is 13.9. The number of hydrogen-bond acceptors (Lipinski definition) is 6. The second-order valence-electron chi connectivity index (χ2n) is 6.83. The molecule has 8 nitrogen and oxygen atoms in total. The molecule has 2 heterocycles. The number of ether oxygens (including phenoxy) is 2. The molecule has 144 valence electrons. The molecule has 8 heteroatoms. The molecule has 0 bridgehead atoms. The number of aryl methyl sites for hydroxylation is 2. The smallest absolute Gasteiger partial charge is 0.231 e. The molecule has 1 aliphatic rings. The molecule has 28 heavy (non-hydrogen) atoms. The van der Waals surface area contributed by atoms with Crippen molar-refractivity contribution in [1.82, 2.24) is 25.1 Å². The lowest BCUT2D eigenvalue weighted by atomic mass is 10.0. The maximum absolute atomic E-state index is 12.3. The average molecular weight is 379 g/mol. The Morgan fingerprint density at radius 3 is 2.57 bits per heavy atom. The topological polar surface area (TPSA) is 82.4 Å². The van der Waals surface area contributed by atoms with Crippen LogP contribution < -0.4 is 9.47 Å². The van der Waals surface area contributed by atoms with Crippen LogP contribution >= 0.6 is 0 Å². The summed E-state index contributed by atoms with van der Waals surface area (Å²) in [6.07, 6.45) is 0. The molecule has 0 unspecified atom stereocenters. The summed E-state index contributed by atoms with van der Waals surface area (Å²) in [6, 6.07) is 11.1. The highest BCUT2D eigenvalue weighted by molar-refractivity contribution is 5.74. The number of rotatable bonds is 4. The molecular weight excluding hydrogens is 358 g/mol. The van der Waals surface area contributed by atoms with Crippen molar-refractivity contribution in [1.29, 1.82) is 0 Å². The quantitative estimate of drug-likeness (QED) is 0.693. The Kier molecular flexibility index (Phi) is 4.46. The number of nitrogens with zero attached hydrogens (tertiary/aromatic N) is 5. The molecule has 0 fully saturated rings. The van der Waals surface area contributed by atoms with Gasteiger partial charge in [0, 0.05) is 14.0 Å². The first kappa shape index (κ1) is 18.0. The summed E-state index contributed by atoms with van der Waals surface area (Å²) >= 11 is 0. The lowest BCUT2D eigenvalue weighted by molar-refractivity contribution is -0.129. The van der Waals surface area contributed by atoms with Gasteiger partial charge in [0.25, 0.3) is 0 Å². The van der Waals surface area contributed by atoms with Crippen LogP contribution in [0.5, 0.6) is 11.5 Å². The Balaban J connectivity index is 1.88. The van der Waals surface area contributed by atoms with Crippen LogP contribution in [0.15, 0.2) is 36.4 Å². The van der Waals surface area contributed by atoms with E-state index >= 15 is 0 Å². The van der Waals surface area contributed by atoms with Crippen LogP contribution in [0.25, 0.3) is 5.69 Å². The highest BCUT2D eigenvalue weighted by Crippen LogP contribution is 2.37. The maximum Gasteiger partial charge on any atom is 0.231 e. The number of carbonyl (C=O) groups is 1. The Bertz CT molecular complexity index is 1030. The zero-order chi connectivity index (χ0) is 19.8. The Morgan fingerprint density at radius 2 is 1.86 bits per heavy atom. The molecule has 1 aliphatic heterocycles. The Hall–Kier alpha value is -3.42. The first-order chi connectivity index (χ1) is 13.5. The highest BCUT2D eigenvalue weighted by Gasteiger charge is 2.30. The molecule has 0 N–H and O–H groups in total. The van der Waals surface area contributed by atoms with E-state index in [9.17, 15) is 4.79 Å². The minimum Gasteiger partial charge on any atom is -0.454 e. The SMILES string of the molecule is CC(=O)N(C)[C@@H](c1ccc2c(c1)OCO2)c1nnnn1-c1c(C)cccc1C. The van der Waals surface area contributed by atoms with Crippen molar-refractivity contribution >= 4 is 5.91 Å². The Morgan fingerprint density at radius 1 is 1.14 bits per heavy atom. The molecule has 0 saturated heterocycles. The van der Waals surface area contributed by atoms with Crippen LogP contribution in [-0.2, 0) is 4.79 Å². The summed E-state index contributed by atoms with van der Waals surface area (Å²) in [5.74, 6) is 1.78. The molecule has 3 aromatic rings. The first-order valence-corrected chi connectivity index (χ1v) is 8.95. The number of amides is 1. The molecule has 0 aliphatic carbocycles. The lowest BCUT2D eigenvalue weighted by Gasteiger charge is -2.27. The van der Waals surface area contributed by atoms with Crippen molar-refractivity contribution in [3.8, 4) is 17.2 Å². The van der Waals surface area contributed by atoms with Crippen molar-refractivity contribution in [2.45, 2.75) is 26.8 Å². The number of tetrazole rings is 1. The maximum atomic E-state index is 12.3. The molecule has 1 atom stereocenters. The molecular formula is C20H21N5O3. The first-order valence-electron chi connectivity index (χ1n) is 8.95. The van der Waals surface area contributed by atoms with Gasteiger partial charge in [-0.1, -0.05) is 24.3 Å². The summed E-state index contributed by atoms with van der Waals surface area (Å²) in [7, 11) is 1.74. The fraction of sp³-hybridized carbons (Fsp3) is 0.300. The minimum absolute atomic E-state index is 0.0984. The highest BCUT2D eigenvalue weighted by atomic mass is 16.7. The predicted molar refractivity (Wildman–Crippen MR) is 101 cm³/mol. The molecule has 2 aromatic carbocycles. The number of hydrogen-bond donors (Lipinski definition) is 0. The molecule has 0 radical (unpaired) electrons. The van der Waals surface area contributed by atoms with Gasteiger partial charge in [-0.3, -0.25) is 4.79 Å². The van der Waals surface area contributed by atoms with E-state index in [2.05, 4.69) is 15.5 Å². The lowest BCUT2D eigenvalue weighted by Crippen LogP contribution is -2.32. The van der Waals surface area contributed by atoms with Crippen molar-refractivity contribution in [2.75, 3.05) is 13.8 Å². The fourth-order valence-corrected chi connectivity index (χ4v) is 3.47. The summed E-state index contributed by atoms with van der Waals surface area (Å²) in [5.41, 5.74) is 3.83. The Labute approximate surface area is 162 Å². The van der Waals surface area contributed by atoms with Gasteiger partial charge in [-0.15, -0.1) is 5.10 Å². The van der Waals surface area contributed by atoms with Gasteiger partial charge in [0.1, 0.15) is 6.04 Å². The monoisotopic (exact) mass is 379 g/mol. The normalized spacial score (nSPS) is 13.4. The molecule has 1 amide bonds. The third-order valence-electron chi connectivity index (χ3n) is 4.99. The van der Waals surface area contributed by atoms with Gasteiger partial charge < -0.3 is 14.4 Å². The molecule has 4 rings (SSSR count). The van der Waals surface area contributed by atoms with Crippen LogP contribution in [0.1, 0.15) is 35.5 Å². The van der Waals surface area contributed by atoms with Gasteiger partial charge in [0.15, 0.2) is 17.3 Å². The van der Waals surface area contributed by atoms with Gasteiger partial charge in [-0.05, 0) is 53.1 Å². The van der Waals surface area contributed by atoms with Gasteiger partial charge in [0.2, 0.25) is 12.7 Å². The van der Waals surface area contributed by atoms with Gasteiger partial charge in [-0.2, -0.15) is 4.68 Å². The summed E-state index contributed by atoms with van der Waals surface area (Å²) < 4.78 is 12.6. The van der Waals surface area contributed by atoms with E-state index in [0.29, 0.717) is 17.3 Å². The number of para-hydroxylation sites is 1. The van der Waals surface area contributed by atoms with Gasteiger partial charge in [-0.25, -0.2) is 0 Å². The number of carbonyl (C=O) groups excluding carboxylic acids is 1. The van der Waals surface area contributed by atoms with E-state index in [1.165, 1.54) is 6.92 Å². The molecule has 1 aromatic heterocycles. The van der Waals surface area contributed by atoms with E-state index in [1.54, 1.807) is 16.6 Å². The zero-order valence-corrected chi connectivity index (χ0v) is 16.2. The summed E-state index contributed by atoms with van der Waals surface area (Å²) in [5, 5.41) is 12.4. The predicted octanol–water partition coefficient (Wildman–Crippen LogP) is 2.58. The number of aromatic nitrogens is 4. The summed E-state index contributed by atoms with van der Waals surface area (Å²) in [6.45, 7) is 5.73. The van der Waals surface area contributed by atoms with E-state index in [-0.39, 0.29) is 12.7 Å². The van der Waals surface area contributed by atoms with Crippen molar-refractivity contribution < 1.29 is 14.3 Å². The van der Waals surface area contributed by atoms with E-state index in [0.717, 1.165) is 22.4 Å². The second kappa shape index (κ2) is 6.95. The second-order valence-corrected chi connectivity index (χ2v) is 6.83. The van der Waals surface area contributed by atoms with Crippen LogP contribution in [0, 0.1) is 13.8 Å². The van der Waals surface area contributed by atoms with E-state index in [4.69, 9.17) is 9.47 Å². The number of fused-ring (bicyclic) bond motifs is 1. The zero-order valence-electron chi connectivity index (χ0n) is 16.2. The van der Waals surface area contributed by atoms with Crippen LogP contribution in [-0.4, -0.2) is 44.9 Å². The molecule has 0 saturated carbocycles. The van der Waals surface area contributed by atoms with Crippen molar-refractivity contribution in [2.24, 2.45) is 0 Å². The standard InChI is InChI=1S/C20H21N5O3/c1-12-6-5-7-13(2)18(12)25-20(21-22-23-25)19(24(4)14(3)26)15-8-9-16-17(10-15)28-11-27-16/h5-10,19H,11H2,1-4H3/t19-/m0/s1. The third-order valence-corrected chi connectivity index (χ3v) is 4.99. The fourth-order valence-electron chi connectivity index (χ4n) is 3.47. The minimum atomic E-state index is -0.485. The number of benzene rings is 2.